The lowest BCUT2D eigenvalue weighted by Gasteiger charge is -2.45. The Morgan fingerprint density at radius 3 is 2.46 bits per heavy atom. The van der Waals surface area contributed by atoms with Crippen LogP contribution < -0.4 is 5.32 Å². The van der Waals surface area contributed by atoms with Crippen molar-refractivity contribution in [2.45, 2.75) is 79.2 Å². The molecule has 3 aliphatic rings. The van der Waals surface area contributed by atoms with E-state index in [9.17, 15) is 14.4 Å². The third-order valence-electron chi connectivity index (χ3n) is 7.19. The molecule has 28 heavy (non-hydrogen) atoms. The van der Waals surface area contributed by atoms with E-state index in [0.29, 0.717) is 12.3 Å². The number of carbonyl (C=O) groups is 3. The van der Waals surface area contributed by atoms with Crippen LogP contribution in [-0.4, -0.2) is 23.5 Å². The van der Waals surface area contributed by atoms with Crippen LogP contribution in [0.4, 0.5) is 0 Å². The molecule has 4 nitrogen and oxygen atoms in total. The fraction of sp³-hybridized carbons (Fsp3) is 0.708. The van der Waals surface area contributed by atoms with Crippen LogP contribution in [0.15, 0.2) is 23.3 Å². The molecule has 0 aromatic carbocycles. The third kappa shape index (κ3) is 3.51. The average Bonchev–Trinajstić information content (AvgIpc) is 2.88. The summed E-state index contributed by atoms with van der Waals surface area (Å²) in [5.41, 5.74) is 1.37. The Bertz CT molecular complexity index is 732. The molecule has 1 spiro atoms. The Morgan fingerprint density at radius 2 is 1.79 bits per heavy atom. The summed E-state index contributed by atoms with van der Waals surface area (Å²) in [5.74, 6) is 0.314. The van der Waals surface area contributed by atoms with Gasteiger partial charge in [0.25, 0.3) is 0 Å². The second-order valence-electron chi connectivity index (χ2n) is 9.66. The Labute approximate surface area is 169 Å². The molecule has 154 valence electrons. The van der Waals surface area contributed by atoms with Gasteiger partial charge in [-0.3, -0.25) is 14.4 Å². The normalized spacial score (nSPS) is 38.7. The first-order valence-electron chi connectivity index (χ1n) is 10.9. The number of hydrogen-bond donors (Lipinski definition) is 1. The predicted octanol–water partition coefficient (Wildman–Crippen LogP) is 4.39. The summed E-state index contributed by atoms with van der Waals surface area (Å²) in [5, 5.41) is 3.22. The van der Waals surface area contributed by atoms with Crippen LogP contribution in [-0.2, 0) is 14.4 Å². The highest BCUT2D eigenvalue weighted by molar-refractivity contribution is 6.10. The highest BCUT2D eigenvalue weighted by Gasteiger charge is 2.65. The summed E-state index contributed by atoms with van der Waals surface area (Å²) >= 11 is 0. The van der Waals surface area contributed by atoms with Gasteiger partial charge in [-0.15, -0.1) is 0 Å². The monoisotopic (exact) mass is 385 g/mol. The van der Waals surface area contributed by atoms with Gasteiger partial charge in [-0.2, -0.15) is 0 Å². The lowest BCUT2D eigenvalue weighted by Crippen LogP contribution is -2.52. The fourth-order valence-corrected chi connectivity index (χ4v) is 5.74. The molecule has 0 bridgehead atoms. The summed E-state index contributed by atoms with van der Waals surface area (Å²) in [6.07, 6.45) is 7.80. The maximum Gasteiger partial charge on any atom is 0.235 e. The first-order chi connectivity index (χ1) is 13.2. The number of allylic oxidation sites excluding steroid dienone is 4. The Kier molecular flexibility index (Phi) is 5.97. The van der Waals surface area contributed by atoms with E-state index in [4.69, 9.17) is 0 Å². The number of amides is 1. The summed E-state index contributed by atoms with van der Waals surface area (Å²) in [6, 6.07) is 0.00661. The molecule has 4 heteroatoms. The van der Waals surface area contributed by atoms with Gasteiger partial charge in [0.05, 0.1) is 0 Å². The maximum absolute atomic E-state index is 13.7. The van der Waals surface area contributed by atoms with Crippen molar-refractivity contribution in [3.63, 3.8) is 0 Å². The number of nitrogens with one attached hydrogen (secondary N) is 1. The molecular formula is C24H35NO3. The summed E-state index contributed by atoms with van der Waals surface area (Å²) < 4.78 is 0. The minimum absolute atomic E-state index is 0.00661. The fourth-order valence-electron chi connectivity index (χ4n) is 5.74. The molecule has 2 aliphatic carbocycles. The van der Waals surface area contributed by atoms with Gasteiger partial charge in [-0.05, 0) is 44.9 Å². The van der Waals surface area contributed by atoms with E-state index in [2.05, 4.69) is 52.1 Å². The van der Waals surface area contributed by atoms with Crippen molar-refractivity contribution >= 4 is 17.5 Å². The molecule has 0 aromatic heterocycles. The lowest BCUT2D eigenvalue weighted by molar-refractivity contribution is -0.146. The Balaban J connectivity index is 2.16. The molecule has 1 fully saturated rings. The van der Waals surface area contributed by atoms with Crippen LogP contribution in [0.2, 0.25) is 0 Å². The van der Waals surface area contributed by atoms with Crippen LogP contribution in [0.25, 0.3) is 0 Å². The lowest BCUT2D eigenvalue weighted by atomic mass is 9.54. The number of hydrogen-bond acceptors (Lipinski definition) is 3. The first-order valence-corrected chi connectivity index (χ1v) is 10.9. The molecule has 1 saturated heterocycles. The summed E-state index contributed by atoms with van der Waals surface area (Å²) in [4.78, 5) is 39.4. The SMILES string of the molecule is CC1=C[C@@H]2/C=C(\C)CCCC(=O)CCC(=O)[C@@]23C(=O)N[C@@H](CC(C)C)[C@@H]3[C@@H]1C. The van der Waals surface area contributed by atoms with Crippen molar-refractivity contribution < 1.29 is 14.4 Å². The molecule has 1 amide bonds. The molecule has 1 N–H and O–H groups in total. The molecule has 0 radical (unpaired) electrons. The van der Waals surface area contributed by atoms with E-state index in [1.165, 1.54) is 11.1 Å². The van der Waals surface area contributed by atoms with Crippen molar-refractivity contribution in [2.24, 2.45) is 29.1 Å². The van der Waals surface area contributed by atoms with Crippen molar-refractivity contribution in [1.82, 2.24) is 5.32 Å². The van der Waals surface area contributed by atoms with Gasteiger partial charge in [-0.25, -0.2) is 0 Å². The smallest absolute Gasteiger partial charge is 0.235 e. The highest BCUT2D eigenvalue weighted by Crippen LogP contribution is 2.55. The van der Waals surface area contributed by atoms with Gasteiger partial charge in [-0.1, -0.05) is 44.1 Å². The van der Waals surface area contributed by atoms with Crippen LogP contribution in [0, 0.1) is 29.1 Å². The molecule has 0 aromatic rings. The van der Waals surface area contributed by atoms with E-state index in [0.717, 1.165) is 19.3 Å². The zero-order valence-electron chi connectivity index (χ0n) is 18.0. The van der Waals surface area contributed by atoms with Gasteiger partial charge in [0.15, 0.2) is 0 Å². The van der Waals surface area contributed by atoms with E-state index < -0.39 is 5.41 Å². The van der Waals surface area contributed by atoms with Gasteiger partial charge in [0.1, 0.15) is 17.0 Å². The van der Waals surface area contributed by atoms with E-state index in [1.807, 2.05) is 0 Å². The van der Waals surface area contributed by atoms with Crippen molar-refractivity contribution in [3.8, 4) is 0 Å². The van der Waals surface area contributed by atoms with Crippen LogP contribution in [0.5, 0.6) is 0 Å². The minimum atomic E-state index is -1.07. The maximum atomic E-state index is 13.7. The van der Waals surface area contributed by atoms with Gasteiger partial charge < -0.3 is 5.32 Å². The molecule has 0 unspecified atom stereocenters. The Morgan fingerprint density at radius 1 is 1.07 bits per heavy atom. The van der Waals surface area contributed by atoms with Crippen molar-refractivity contribution in [3.05, 3.63) is 23.3 Å². The molecule has 1 aliphatic heterocycles. The quantitative estimate of drug-likeness (QED) is 0.566. The van der Waals surface area contributed by atoms with Gasteiger partial charge in [0, 0.05) is 37.1 Å². The number of ketones is 2. The Hall–Kier alpha value is -1.71. The molecule has 3 rings (SSSR count). The predicted molar refractivity (Wildman–Crippen MR) is 111 cm³/mol. The first kappa shape index (κ1) is 21.0. The second-order valence-corrected chi connectivity index (χ2v) is 9.66. The molecule has 0 saturated carbocycles. The molecule has 5 atom stereocenters. The zero-order chi connectivity index (χ0) is 20.6. The number of rotatable bonds is 2. The van der Waals surface area contributed by atoms with Crippen LogP contribution in [0.3, 0.4) is 0 Å². The van der Waals surface area contributed by atoms with E-state index in [-0.39, 0.29) is 54.1 Å². The van der Waals surface area contributed by atoms with Crippen LogP contribution >= 0.6 is 0 Å². The van der Waals surface area contributed by atoms with E-state index >= 15 is 0 Å². The molecular weight excluding hydrogens is 350 g/mol. The average molecular weight is 386 g/mol. The third-order valence-corrected chi connectivity index (χ3v) is 7.19. The summed E-state index contributed by atoms with van der Waals surface area (Å²) in [7, 11) is 0. The molecule has 1 heterocycles. The summed E-state index contributed by atoms with van der Waals surface area (Å²) in [6.45, 7) is 10.7. The highest BCUT2D eigenvalue weighted by atomic mass is 16.2. The van der Waals surface area contributed by atoms with Crippen molar-refractivity contribution in [2.75, 3.05) is 0 Å². The zero-order valence-corrected chi connectivity index (χ0v) is 18.0. The minimum Gasteiger partial charge on any atom is -0.352 e. The second kappa shape index (κ2) is 7.96. The van der Waals surface area contributed by atoms with E-state index in [1.54, 1.807) is 0 Å². The largest absolute Gasteiger partial charge is 0.352 e. The van der Waals surface area contributed by atoms with Gasteiger partial charge in [0.2, 0.25) is 5.91 Å². The van der Waals surface area contributed by atoms with Crippen molar-refractivity contribution in [1.29, 1.82) is 0 Å². The van der Waals surface area contributed by atoms with Gasteiger partial charge >= 0.3 is 0 Å². The topological polar surface area (TPSA) is 63.2 Å². The standard InChI is InChI=1S/C24H35NO3/c1-14(2)11-20-22-17(5)16(4)13-18-12-15(3)7-6-8-19(26)9-10-21(27)24(18,22)23(28)25-20/h12-14,17-18,20,22H,6-11H2,1-5H3,(H,25,28)/b15-12+/t17-,18+,20+,22+,24+/m1/s1. The number of carbonyl (C=O) groups excluding carboxylic acids is 3. The van der Waals surface area contributed by atoms with Crippen LogP contribution in [0.1, 0.15) is 73.1 Å². The number of Topliss-reactive ketones (excluding diaryl/α,β-unsaturated/α-hetero) is 2.